The smallest absolute Gasteiger partial charge is 0.123 e. The predicted octanol–water partition coefficient (Wildman–Crippen LogP) is 2.99. The van der Waals surface area contributed by atoms with E-state index in [1.807, 2.05) is 0 Å². The predicted molar refractivity (Wildman–Crippen MR) is 65.9 cm³/mol. The van der Waals surface area contributed by atoms with Crippen molar-refractivity contribution >= 4 is 0 Å². The molecular formula is C14H20FNO. The maximum absolute atomic E-state index is 13.1. The van der Waals surface area contributed by atoms with Gasteiger partial charge in [0.2, 0.25) is 0 Å². The van der Waals surface area contributed by atoms with Gasteiger partial charge in [0.25, 0.3) is 0 Å². The molecule has 0 saturated heterocycles. The summed E-state index contributed by atoms with van der Waals surface area (Å²) in [7, 11) is 0. The molecule has 2 N–H and O–H groups in total. The fraction of sp³-hybridized carbons (Fsp3) is 0.571. The molecule has 1 aromatic carbocycles. The van der Waals surface area contributed by atoms with E-state index in [0.29, 0.717) is 19.1 Å². The number of hydrogen-bond donors (Lipinski definition) is 1. The minimum atomic E-state index is -0.221. The van der Waals surface area contributed by atoms with Crippen molar-refractivity contribution in [2.24, 2.45) is 11.7 Å². The van der Waals surface area contributed by atoms with Crippen molar-refractivity contribution in [2.45, 2.75) is 38.8 Å². The summed E-state index contributed by atoms with van der Waals surface area (Å²) < 4.78 is 18.8. The Morgan fingerprint density at radius 2 is 2.00 bits per heavy atom. The van der Waals surface area contributed by atoms with Gasteiger partial charge in [0, 0.05) is 13.2 Å². The van der Waals surface area contributed by atoms with E-state index in [4.69, 9.17) is 10.5 Å². The highest BCUT2D eigenvalue weighted by atomic mass is 19.1. The van der Waals surface area contributed by atoms with Gasteiger partial charge in [-0.05, 0) is 42.0 Å². The SMILES string of the molecule is NCc1ccc(F)cc1COCC1CCCC1. The summed E-state index contributed by atoms with van der Waals surface area (Å²) in [6.07, 6.45) is 5.18. The van der Waals surface area contributed by atoms with Crippen LogP contribution in [0.25, 0.3) is 0 Å². The third-order valence-electron chi connectivity index (χ3n) is 3.47. The molecule has 0 spiro atoms. The van der Waals surface area contributed by atoms with E-state index >= 15 is 0 Å². The molecule has 17 heavy (non-hydrogen) atoms. The maximum Gasteiger partial charge on any atom is 0.123 e. The summed E-state index contributed by atoms with van der Waals surface area (Å²) in [4.78, 5) is 0. The lowest BCUT2D eigenvalue weighted by Crippen LogP contribution is -2.08. The van der Waals surface area contributed by atoms with E-state index in [1.165, 1.54) is 37.8 Å². The van der Waals surface area contributed by atoms with E-state index in [2.05, 4.69) is 0 Å². The monoisotopic (exact) mass is 237 g/mol. The van der Waals surface area contributed by atoms with Crippen LogP contribution in [0, 0.1) is 11.7 Å². The van der Waals surface area contributed by atoms with Gasteiger partial charge in [0.15, 0.2) is 0 Å². The average molecular weight is 237 g/mol. The van der Waals surface area contributed by atoms with E-state index in [-0.39, 0.29) is 5.82 Å². The van der Waals surface area contributed by atoms with Crippen LogP contribution >= 0.6 is 0 Å². The zero-order valence-electron chi connectivity index (χ0n) is 10.1. The highest BCUT2D eigenvalue weighted by molar-refractivity contribution is 5.27. The van der Waals surface area contributed by atoms with Gasteiger partial charge in [-0.3, -0.25) is 0 Å². The Morgan fingerprint density at radius 3 is 2.71 bits per heavy atom. The minimum Gasteiger partial charge on any atom is -0.376 e. The molecule has 0 heterocycles. The number of benzene rings is 1. The van der Waals surface area contributed by atoms with Gasteiger partial charge in [-0.2, -0.15) is 0 Å². The summed E-state index contributed by atoms with van der Waals surface area (Å²) in [5, 5.41) is 0. The van der Waals surface area contributed by atoms with E-state index in [0.717, 1.165) is 17.7 Å². The topological polar surface area (TPSA) is 35.2 Å². The molecule has 0 atom stereocenters. The second kappa shape index (κ2) is 6.12. The Labute approximate surface area is 102 Å². The lowest BCUT2D eigenvalue weighted by molar-refractivity contribution is 0.0882. The molecule has 0 unspecified atom stereocenters. The summed E-state index contributed by atoms with van der Waals surface area (Å²) in [6.45, 7) is 1.70. The minimum absolute atomic E-state index is 0.221. The lowest BCUT2D eigenvalue weighted by Gasteiger charge is -2.12. The first kappa shape index (κ1) is 12.5. The molecule has 1 aliphatic rings. The fourth-order valence-corrected chi connectivity index (χ4v) is 2.44. The fourth-order valence-electron chi connectivity index (χ4n) is 2.44. The van der Waals surface area contributed by atoms with Crippen molar-refractivity contribution in [1.82, 2.24) is 0 Å². The van der Waals surface area contributed by atoms with Crippen LogP contribution in [0.4, 0.5) is 4.39 Å². The lowest BCUT2D eigenvalue weighted by atomic mass is 10.1. The van der Waals surface area contributed by atoms with E-state index < -0.39 is 0 Å². The normalized spacial score (nSPS) is 16.6. The maximum atomic E-state index is 13.1. The molecule has 1 aliphatic carbocycles. The molecule has 1 saturated carbocycles. The first-order valence-electron chi connectivity index (χ1n) is 6.34. The third kappa shape index (κ3) is 3.51. The van der Waals surface area contributed by atoms with Crippen LogP contribution in [-0.4, -0.2) is 6.61 Å². The van der Waals surface area contributed by atoms with Gasteiger partial charge < -0.3 is 10.5 Å². The highest BCUT2D eigenvalue weighted by Gasteiger charge is 2.15. The molecule has 0 bridgehead atoms. The second-order valence-corrected chi connectivity index (χ2v) is 4.78. The Balaban J connectivity index is 1.86. The molecule has 3 heteroatoms. The van der Waals surface area contributed by atoms with Crippen molar-refractivity contribution < 1.29 is 9.13 Å². The van der Waals surface area contributed by atoms with Gasteiger partial charge in [-0.1, -0.05) is 18.9 Å². The number of halogens is 1. The van der Waals surface area contributed by atoms with Crippen molar-refractivity contribution in [2.75, 3.05) is 6.61 Å². The zero-order chi connectivity index (χ0) is 12.1. The van der Waals surface area contributed by atoms with Crippen LogP contribution < -0.4 is 5.73 Å². The van der Waals surface area contributed by atoms with Crippen LogP contribution in [0.15, 0.2) is 18.2 Å². The van der Waals surface area contributed by atoms with Crippen LogP contribution in [-0.2, 0) is 17.9 Å². The van der Waals surface area contributed by atoms with Gasteiger partial charge >= 0.3 is 0 Å². The molecule has 0 radical (unpaired) electrons. The van der Waals surface area contributed by atoms with Gasteiger partial charge in [-0.15, -0.1) is 0 Å². The van der Waals surface area contributed by atoms with Crippen molar-refractivity contribution in [3.8, 4) is 0 Å². The molecule has 2 rings (SSSR count). The van der Waals surface area contributed by atoms with Crippen LogP contribution in [0.2, 0.25) is 0 Å². The molecular weight excluding hydrogens is 217 g/mol. The Hall–Kier alpha value is -0.930. The third-order valence-corrected chi connectivity index (χ3v) is 3.47. The second-order valence-electron chi connectivity index (χ2n) is 4.78. The van der Waals surface area contributed by atoms with Gasteiger partial charge in [0.05, 0.1) is 6.61 Å². The molecule has 0 amide bonds. The quantitative estimate of drug-likeness (QED) is 0.854. The number of nitrogens with two attached hydrogens (primary N) is 1. The van der Waals surface area contributed by atoms with E-state index in [9.17, 15) is 4.39 Å². The number of rotatable bonds is 5. The van der Waals surface area contributed by atoms with Crippen LogP contribution in [0.1, 0.15) is 36.8 Å². The summed E-state index contributed by atoms with van der Waals surface area (Å²) in [5.74, 6) is 0.478. The first-order chi connectivity index (χ1) is 8.29. The summed E-state index contributed by atoms with van der Waals surface area (Å²) >= 11 is 0. The number of hydrogen-bond acceptors (Lipinski definition) is 2. The van der Waals surface area contributed by atoms with Gasteiger partial charge in [-0.25, -0.2) is 4.39 Å². The molecule has 1 aromatic rings. The summed E-state index contributed by atoms with van der Waals surface area (Å²) in [5.41, 5.74) is 7.47. The van der Waals surface area contributed by atoms with E-state index in [1.54, 1.807) is 6.07 Å². The molecule has 2 nitrogen and oxygen atoms in total. The average Bonchev–Trinajstić information content (AvgIpc) is 2.82. The van der Waals surface area contributed by atoms with Crippen molar-refractivity contribution in [1.29, 1.82) is 0 Å². The van der Waals surface area contributed by atoms with Crippen molar-refractivity contribution in [3.05, 3.63) is 35.1 Å². The standard InChI is InChI=1S/C14H20FNO/c15-14-6-5-12(8-16)13(7-14)10-17-9-11-3-1-2-4-11/h5-7,11H,1-4,8-10,16H2. The molecule has 1 fully saturated rings. The molecule has 94 valence electrons. The van der Waals surface area contributed by atoms with Crippen LogP contribution in [0.3, 0.4) is 0 Å². The largest absolute Gasteiger partial charge is 0.376 e. The van der Waals surface area contributed by atoms with Crippen LogP contribution in [0.5, 0.6) is 0 Å². The summed E-state index contributed by atoms with van der Waals surface area (Å²) in [6, 6.07) is 4.71. The number of ether oxygens (including phenoxy) is 1. The molecule has 0 aliphatic heterocycles. The highest BCUT2D eigenvalue weighted by Crippen LogP contribution is 2.25. The Kier molecular flexibility index (Phi) is 4.51. The zero-order valence-corrected chi connectivity index (χ0v) is 10.1. The Morgan fingerprint density at radius 1 is 1.24 bits per heavy atom. The van der Waals surface area contributed by atoms with Gasteiger partial charge in [0.1, 0.15) is 5.82 Å². The van der Waals surface area contributed by atoms with Crippen molar-refractivity contribution in [3.63, 3.8) is 0 Å². The first-order valence-corrected chi connectivity index (χ1v) is 6.34. The molecule has 0 aromatic heterocycles. The Bertz CT molecular complexity index is 361.